The zero-order chi connectivity index (χ0) is 9.56. The van der Waals surface area contributed by atoms with E-state index in [1.807, 2.05) is 0 Å². The molecule has 0 rings (SSSR count). The Bertz CT molecular complexity index is 162. The Morgan fingerprint density at radius 3 is 1.57 bits per heavy atom. The number of aliphatic hydroxyl groups is 1. The Hall–Kier alpha value is 0.392. The molecule has 0 amide bonds. The van der Waals surface area contributed by atoms with E-state index in [1.54, 1.807) is 0 Å². The van der Waals surface area contributed by atoms with E-state index in [4.69, 9.17) is 15.3 Å². The summed E-state index contributed by atoms with van der Waals surface area (Å²) in [5.74, 6) is -2.21. The Labute approximate surface area is 114 Å². The smallest absolute Gasteiger partial charge is 0.317 e. The van der Waals surface area contributed by atoms with Crippen molar-refractivity contribution >= 4 is 58.0 Å². The van der Waals surface area contributed by atoms with Crippen molar-refractivity contribution in [2.24, 2.45) is 0 Å². The van der Waals surface area contributed by atoms with E-state index in [9.17, 15) is 9.59 Å². The topological polar surface area (TPSA) is 98.1 Å². The molecule has 4 radical (unpaired) electrons. The van der Waals surface area contributed by atoms with Crippen LogP contribution in [0, 0.1) is 0 Å². The van der Waals surface area contributed by atoms with Gasteiger partial charge in [-0.05, 0) is 0 Å². The number of rotatable bonds is 6. The van der Waals surface area contributed by atoms with Crippen LogP contribution in [0.2, 0.25) is 0 Å². The maximum atomic E-state index is 10.1. The van der Waals surface area contributed by atoms with Crippen molar-refractivity contribution in [1.82, 2.24) is 4.90 Å². The Morgan fingerprint density at radius 2 is 1.36 bits per heavy atom. The molecule has 0 aromatic carbocycles. The molecule has 0 aliphatic rings. The van der Waals surface area contributed by atoms with Crippen LogP contribution in [-0.2, 0) is 9.59 Å². The maximum absolute atomic E-state index is 10.1. The van der Waals surface area contributed by atoms with Crippen LogP contribution in [0.1, 0.15) is 0 Å². The number of carboxylic acids is 2. The number of aliphatic carboxylic acids is 2. The van der Waals surface area contributed by atoms with Gasteiger partial charge in [0.05, 0.1) is 19.7 Å². The lowest BCUT2D eigenvalue weighted by Gasteiger charge is -2.15. The first-order chi connectivity index (χ1) is 5.56. The van der Waals surface area contributed by atoms with Crippen LogP contribution < -0.4 is 0 Å². The Kier molecular flexibility index (Phi) is 16.3. The number of carbonyl (C=O) groups is 2. The zero-order valence-electron chi connectivity index (χ0n) is 7.85. The average molecular weight is 226 g/mol. The quantitative estimate of drug-likeness (QED) is 0.440. The number of aliphatic hydroxyl groups excluding tert-OH is 1. The van der Waals surface area contributed by atoms with E-state index in [0.717, 1.165) is 4.90 Å². The zero-order valence-corrected chi connectivity index (χ0v) is 10.7. The van der Waals surface area contributed by atoms with Gasteiger partial charge in [-0.3, -0.25) is 14.5 Å². The van der Waals surface area contributed by atoms with Crippen LogP contribution in [0.5, 0.6) is 0 Å². The number of hydrogen-bond donors (Lipinski definition) is 3. The number of hydrogen-bond acceptors (Lipinski definition) is 4. The van der Waals surface area contributed by atoms with Crippen molar-refractivity contribution in [3.8, 4) is 0 Å². The van der Waals surface area contributed by atoms with Crippen molar-refractivity contribution in [3.63, 3.8) is 0 Å². The molecule has 0 fully saturated rings. The molecule has 0 aromatic heterocycles. The fourth-order valence-corrected chi connectivity index (χ4v) is 0.738. The van der Waals surface area contributed by atoms with E-state index in [0.29, 0.717) is 0 Å². The second-order valence-electron chi connectivity index (χ2n) is 2.22. The molecule has 3 N–H and O–H groups in total. The van der Waals surface area contributed by atoms with E-state index >= 15 is 0 Å². The molecular weight excluding hydrogens is 215 g/mol. The Morgan fingerprint density at radius 1 is 1.00 bits per heavy atom. The first kappa shape index (κ1) is 19.9. The molecule has 0 unspecified atom stereocenters. The summed E-state index contributed by atoms with van der Waals surface area (Å²) in [6.07, 6.45) is 0. The minimum atomic E-state index is -1.11. The summed E-state index contributed by atoms with van der Waals surface area (Å²) in [6, 6.07) is 0. The van der Waals surface area contributed by atoms with Gasteiger partial charge in [-0.15, -0.1) is 0 Å². The lowest BCUT2D eigenvalue weighted by Crippen LogP contribution is -2.36. The molecule has 6 nitrogen and oxygen atoms in total. The molecule has 0 bridgehead atoms. The summed E-state index contributed by atoms with van der Waals surface area (Å²) in [5.41, 5.74) is 0. The molecule has 0 spiro atoms. The standard InChI is InChI=1S/C6H11NO5.2Mg/c8-2-1-7(3-5(9)10)4-6(11)12;;/h8H,1-4H2,(H,9,10)(H,11,12);;. The highest BCUT2D eigenvalue weighted by Crippen LogP contribution is 1.86. The lowest BCUT2D eigenvalue weighted by molar-refractivity contribution is -0.141. The summed E-state index contributed by atoms with van der Waals surface area (Å²) in [4.78, 5) is 21.4. The second-order valence-corrected chi connectivity index (χ2v) is 2.22. The molecule has 8 heteroatoms. The third-order valence-corrected chi connectivity index (χ3v) is 1.13. The molecule has 0 heterocycles. The lowest BCUT2D eigenvalue weighted by atomic mass is 10.4. The van der Waals surface area contributed by atoms with Gasteiger partial charge in [0.25, 0.3) is 0 Å². The van der Waals surface area contributed by atoms with Crippen molar-refractivity contribution in [3.05, 3.63) is 0 Å². The van der Waals surface area contributed by atoms with Crippen molar-refractivity contribution < 1.29 is 24.9 Å². The molecule has 0 saturated heterocycles. The van der Waals surface area contributed by atoms with Gasteiger partial charge in [0.2, 0.25) is 0 Å². The predicted molar refractivity (Wildman–Crippen MR) is 50.3 cm³/mol. The Balaban J connectivity index is -0.000000605. The predicted octanol–water partition coefficient (Wildman–Crippen LogP) is -2.31. The van der Waals surface area contributed by atoms with Gasteiger partial charge < -0.3 is 15.3 Å². The molecule has 0 aromatic rings. The average Bonchev–Trinajstić information content (AvgIpc) is 1.84. The van der Waals surface area contributed by atoms with Crippen molar-refractivity contribution in [1.29, 1.82) is 0 Å². The molecule has 74 valence electrons. The van der Waals surface area contributed by atoms with Crippen LogP contribution in [0.25, 0.3) is 0 Å². The van der Waals surface area contributed by atoms with Crippen LogP contribution in [0.4, 0.5) is 0 Å². The van der Waals surface area contributed by atoms with Gasteiger partial charge in [0.15, 0.2) is 0 Å². The number of carboxylic acid groups (broad SMARTS) is 2. The summed E-state index contributed by atoms with van der Waals surface area (Å²) in [5, 5.41) is 25.0. The van der Waals surface area contributed by atoms with E-state index in [1.165, 1.54) is 0 Å². The third-order valence-electron chi connectivity index (χ3n) is 1.13. The maximum Gasteiger partial charge on any atom is 0.317 e. The fourth-order valence-electron chi connectivity index (χ4n) is 0.738. The minimum Gasteiger partial charge on any atom is -0.480 e. The summed E-state index contributed by atoms with van der Waals surface area (Å²) in [6.45, 7) is -0.932. The summed E-state index contributed by atoms with van der Waals surface area (Å²) in [7, 11) is 0. The first-order valence-electron chi connectivity index (χ1n) is 3.33. The summed E-state index contributed by atoms with van der Waals surface area (Å²) >= 11 is 0. The van der Waals surface area contributed by atoms with Gasteiger partial charge in [0.1, 0.15) is 0 Å². The van der Waals surface area contributed by atoms with E-state index < -0.39 is 11.9 Å². The molecule has 0 atom stereocenters. The molecule has 0 saturated carbocycles. The highest BCUT2D eigenvalue weighted by Gasteiger charge is 2.11. The van der Waals surface area contributed by atoms with Crippen LogP contribution in [0.15, 0.2) is 0 Å². The highest BCUT2D eigenvalue weighted by molar-refractivity contribution is 5.76. The normalized spacial score (nSPS) is 8.71. The first-order valence-corrected chi connectivity index (χ1v) is 3.33. The monoisotopic (exact) mass is 225 g/mol. The van der Waals surface area contributed by atoms with Crippen LogP contribution in [-0.4, -0.2) is 105 Å². The van der Waals surface area contributed by atoms with Crippen LogP contribution >= 0.6 is 0 Å². The molecule has 0 aliphatic carbocycles. The van der Waals surface area contributed by atoms with Gasteiger partial charge >= 0.3 is 11.9 Å². The van der Waals surface area contributed by atoms with Gasteiger partial charge in [0, 0.05) is 52.7 Å². The van der Waals surface area contributed by atoms with Crippen LogP contribution in [0.3, 0.4) is 0 Å². The van der Waals surface area contributed by atoms with E-state index in [2.05, 4.69) is 0 Å². The van der Waals surface area contributed by atoms with E-state index in [-0.39, 0.29) is 72.3 Å². The van der Waals surface area contributed by atoms with Gasteiger partial charge in [-0.1, -0.05) is 0 Å². The molecule has 14 heavy (non-hydrogen) atoms. The highest BCUT2D eigenvalue weighted by atomic mass is 24.3. The largest absolute Gasteiger partial charge is 0.480 e. The SMILES string of the molecule is O=C(O)CN(CCO)CC(=O)O.[Mg].[Mg]. The van der Waals surface area contributed by atoms with Gasteiger partial charge in [-0.25, -0.2) is 0 Å². The third kappa shape index (κ3) is 12.4. The fraction of sp³-hybridized carbons (Fsp3) is 0.667. The van der Waals surface area contributed by atoms with Crippen molar-refractivity contribution in [2.75, 3.05) is 26.2 Å². The summed E-state index contributed by atoms with van der Waals surface area (Å²) < 4.78 is 0. The van der Waals surface area contributed by atoms with Crippen molar-refractivity contribution in [2.45, 2.75) is 0 Å². The molecule has 0 aliphatic heterocycles. The number of nitrogens with zero attached hydrogens (tertiary/aromatic N) is 1. The second kappa shape index (κ2) is 11.5. The van der Waals surface area contributed by atoms with Gasteiger partial charge in [-0.2, -0.15) is 0 Å². The molecular formula is C6H11Mg2NO5. The minimum absolute atomic E-state index is 0.